The summed E-state index contributed by atoms with van der Waals surface area (Å²) in [5.74, 6) is 0.768. The Kier molecular flexibility index (Phi) is 5.89. The zero-order valence-electron chi connectivity index (χ0n) is 15.7. The SMILES string of the molecule is COc1ccccc1/C=N\Nc1nc(-c2ccc(Cl)cc2)c(-c2ccccc2)s1. The molecule has 1 N–H and O–H groups in total. The lowest BCUT2D eigenvalue weighted by Gasteiger charge is -2.02. The van der Waals surface area contributed by atoms with Crippen molar-refractivity contribution in [3.8, 4) is 27.4 Å². The summed E-state index contributed by atoms with van der Waals surface area (Å²) in [6, 6.07) is 25.6. The smallest absolute Gasteiger partial charge is 0.204 e. The molecule has 0 saturated carbocycles. The second-order valence-electron chi connectivity index (χ2n) is 6.18. The van der Waals surface area contributed by atoms with E-state index in [2.05, 4.69) is 22.7 Å². The highest BCUT2D eigenvalue weighted by molar-refractivity contribution is 7.19. The van der Waals surface area contributed by atoms with Crippen molar-refractivity contribution in [2.45, 2.75) is 0 Å². The number of aromatic nitrogens is 1. The number of hydrogen-bond acceptors (Lipinski definition) is 5. The maximum absolute atomic E-state index is 6.05. The van der Waals surface area contributed by atoms with Crippen molar-refractivity contribution in [3.05, 3.63) is 89.4 Å². The van der Waals surface area contributed by atoms with Crippen molar-refractivity contribution < 1.29 is 4.74 Å². The largest absolute Gasteiger partial charge is 0.496 e. The number of ether oxygens (including phenoxy) is 1. The van der Waals surface area contributed by atoms with Gasteiger partial charge in [0.2, 0.25) is 5.13 Å². The average molecular weight is 420 g/mol. The zero-order valence-corrected chi connectivity index (χ0v) is 17.2. The molecule has 0 spiro atoms. The molecule has 0 aliphatic heterocycles. The molecule has 3 aromatic carbocycles. The molecule has 0 fully saturated rings. The van der Waals surface area contributed by atoms with Gasteiger partial charge >= 0.3 is 0 Å². The van der Waals surface area contributed by atoms with Crippen LogP contribution in [0.15, 0.2) is 84.0 Å². The fourth-order valence-electron chi connectivity index (χ4n) is 2.89. The van der Waals surface area contributed by atoms with Gasteiger partial charge in [0.05, 0.1) is 23.9 Å². The first-order chi connectivity index (χ1) is 14.2. The summed E-state index contributed by atoms with van der Waals surface area (Å²) in [6.45, 7) is 0. The number of hydrazone groups is 1. The summed E-state index contributed by atoms with van der Waals surface area (Å²) in [7, 11) is 1.64. The number of rotatable bonds is 6. The lowest BCUT2D eigenvalue weighted by Crippen LogP contribution is -1.93. The van der Waals surface area contributed by atoms with E-state index in [1.54, 1.807) is 24.7 Å². The molecule has 0 aliphatic carbocycles. The number of benzene rings is 3. The molecule has 0 unspecified atom stereocenters. The van der Waals surface area contributed by atoms with Gasteiger partial charge in [0.1, 0.15) is 5.75 Å². The van der Waals surface area contributed by atoms with Gasteiger partial charge in [-0.3, -0.25) is 5.43 Å². The molecule has 0 amide bonds. The highest BCUT2D eigenvalue weighted by atomic mass is 35.5. The number of hydrogen-bond donors (Lipinski definition) is 1. The Morgan fingerprint density at radius 2 is 1.66 bits per heavy atom. The summed E-state index contributed by atoms with van der Waals surface area (Å²) in [4.78, 5) is 5.85. The molecule has 144 valence electrons. The minimum absolute atomic E-state index is 0.699. The van der Waals surface area contributed by atoms with E-state index in [1.807, 2.05) is 66.7 Å². The fraction of sp³-hybridized carbons (Fsp3) is 0.0435. The predicted octanol–water partition coefficient (Wildman–Crippen LogP) is 6.59. The summed E-state index contributed by atoms with van der Waals surface area (Å²) >= 11 is 7.61. The van der Waals surface area contributed by atoms with Crippen molar-refractivity contribution in [2.24, 2.45) is 5.10 Å². The molecule has 4 rings (SSSR count). The number of anilines is 1. The van der Waals surface area contributed by atoms with Crippen LogP contribution in [-0.2, 0) is 0 Å². The van der Waals surface area contributed by atoms with E-state index in [0.29, 0.717) is 10.2 Å². The summed E-state index contributed by atoms with van der Waals surface area (Å²) < 4.78 is 5.35. The summed E-state index contributed by atoms with van der Waals surface area (Å²) in [5.41, 5.74) is 6.95. The fourth-order valence-corrected chi connectivity index (χ4v) is 3.96. The standard InChI is InChI=1S/C23H18ClN3OS/c1-28-20-10-6-5-9-18(20)15-25-27-23-26-21(16-11-13-19(24)14-12-16)22(29-23)17-7-3-2-4-8-17/h2-15H,1H3,(H,26,27)/b25-15-. The van der Waals surface area contributed by atoms with Crippen LogP contribution in [0.5, 0.6) is 5.75 Å². The molecule has 0 atom stereocenters. The van der Waals surface area contributed by atoms with Gasteiger partial charge < -0.3 is 4.74 Å². The minimum atomic E-state index is 0.699. The van der Waals surface area contributed by atoms with E-state index in [-0.39, 0.29) is 0 Å². The van der Waals surface area contributed by atoms with Crippen molar-refractivity contribution >= 4 is 34.3 Å². The number of para-hydroxylation sites is 1. The number of nitrogens with zero attached hydrogens (tertiary/aromatic N) is 2. The van der Waals surface area contributed by atoms with Gasteiger partial charge in [-0.1, -0.05) is 77.5 Å². The number of methoxy groups -OCH3 is 1. The molecule has 1 aromatic heterocycles. The Labute approximate surface area is 178 Å². The zero-order chi connectivity index (χ0) is 20.1. The highest BCUT2D eigenvalue weighted by Gasteiger charge is 2.14. The molecule has 0 saturated heterocycles. The molecular formula is C23H18ClN3OS. The van der Waals surface area contributed by atoms with E-state index in [0.717, 1.165) is 33.0 Å². The van der Waals surface area contributed by atoms with Crippen molar-refractivity contribution in [1.82, 2.24) is 4.98 Å². The van der Waals surface area contributed by atoms with Crippen LogP contribution in [0.3, 0.4) is 0 Å². The van der Waals surface area contributed by atoms with Gasteiger partial charge in [-0.05, 0) is 29.8 Å². The highest BCUT2D eigenvalue weighted by Crippen LogP contribution is 2.39. The van der Waals surface area contributed by atoms with Crippen LogP contribution in [-0.4, -0.2) is 18.3 Å². The van der Waals surface area contributed by atoms with Crippen molar-refractivity contribution in [1.29, 1.82) is 0 Å². The maximum Gasteiger partial charge on any atom is 0.204 e. The van der Waals surface area contributed by atoms with Gasteiger partial charge in [0.15, 0.2) is 0 Å². The topological polar surface area (TPSA) is 46.5 Å². The molecule has 6 heteroatoms. The van der Waals surface area contributed by atoms with E-state index in [9.17, 15) is 0 Å². The molecule has 29 heavy (non-hydrogen) atoms. The van der Waals surface area contributed by atoms with Gasteiger partial charge in [-0.25, -0.2) is 4.98 Å². The lowest BCUT2D eigenvalue weighted by molar-refractivity contribution is 0.414. The Bertz CT molecular complexity index is 1120. The first kappa shape index (κ1) is 19.2. The van der Waals surface area contributed by atoms with Crippen molar-refractivity contribution in [2.75, 3.05) is 12.5 Å². The van der Waals surface area contributed by atoms with Crippen LogP contribution in [0.25, 0.3) is 21.7 Å². The van der Waals surface area contributed by atoms with Crippen LogP contribution in [0, 0.1) is 0 Å². The van der Waals surface area contributed by atoms with Crippen LogP contribution in [0.4, 0.5) is 5.13 Å². The number of thiazole rings is 1. The van der Waals surface area contributed by atoms with Gasteiger partial charge in [0, 0.05) is 16.1 Å². The van der Waals surface area contributed by atoms with Gasteiger partial charge in [0.25, 0.3) is 0 Å². The predicted molar refractivity (Wildman–Crippen MR) is 122 cm³/mol. The summed E-state index contributed by atoms with van der Waals surface area (Å²) in [6.07, 6.45) is 1.73. The van der Waals surface area contributed by atoms with Crippen LogP contribution in [0.2, 0.25) is 5.02 Å². The lowest BCUT2D eigenvalue weighted by atomic mass is 10.1. The Morgan fingerprint density at radius 1 is 0.931 bits per heavy atom. The van der Waals surface area contributed by atoms with Gasteiger partial charge in [-0.2, -0.15) is 5.10 Å². The molecule has 4 nitrogen and oxygen atoms in total. The molecule has 1 heterocycles. The second kappa shape index (κ2) is 8.90. The van der Waals surface area contributed by atoms with Crippen molar-refractivity contribution in [3.63, 3.8) is 0 Å². The minimum Gasteiger partial charge on any atom is -0.496 e. The first-order valence-corrected chi connectivity index (χ1v) is 10.2. The molecule has 0 bridgehead atoms. The van der Waals surface area contributed by atoms with E-state index in [1.165, 1.54) is 0 Å². The Balaban J connectivity index is 1.66. The van der Waals surface area contributed by atoms with E-state index >= 15 is 0 Å². The Morgan fingerprint density at radius 3 is 2.41 bits per heavy atom. The van der Waals surface area contributed by atoms with Gasteiger partial charge in [-0.15, -0.1) is 0 Å². The summed E-state index contributed by atoms with van der Waals surface area (Å²) in [5, 5.41) is 5.76. The molecule has 4 aromatic rings. The average Bonchev–Trinajstić information content (AvgIpc) is 3.19. The van der Waals surface area contributed by atoms with E-state index < -0.39 is 0 Å². The monoisotopic (exact) mass is 419 g/mol. The van der Waals surface area contributed by atoms with Crippen LogP contribution < -0.4 is 10.2 Å². The third kappa shape index (κ3) is 4.47. The number of nitrogens with one attached hydrogen (secondary N) is 1. The molecule has 0 aliphatic rings. The third-order valence-electron chi connectivity index (χ3n) is 4.28. The quantitative estimate of drug-likeness (QED) is 0.283. The van der Waals surface area contributed by atoms with Crippen LogP contribution >= 0.6 is 22.9 Å². The maximum atomic E-state index is 6.05. The Hall–Kier alpha value is -3.15. The first-order valence-electron chi connectivity index (χ1n) is 8.99. The third-order valence-corrected chi connectivity index (χ3v) is 5.54. The van der Waals surface area contributed by atoms with E-state index in [4.69, 9.17) is 21.3 Å². The molecular weight excluding hydrogens is 402 g/mol. The second-order valence-corrected chi connectivity index (χ2v) is 7.62. The normalized spacial score (nSPS) is 11.0. The molecule has 0 radical (unpaired) electrons. The van der Waals surface area contributed by atoms with Crippen LogP contribution in [0.1, 0.15) is 5.56 Å². The number of halogens is 1.